The minimum Gasteiger partial charge on any atom is -0.409 e. The molecule has 0 spiro atoms. The number of amides is 1. The van der Waals surface area contributed by atoms with Crippen molar-refractivity contribution in [3.8, 4) is 0 Å². The predicted octanol–water partition coefficient (Wildman–Crippen LogP) is 2.79. The van der Waals surface area contributed by atoms with Gasteiger partial charge in [0.05, 0.1) is 12.1 Å². The van der Waals surface area contributed by atoms with Crippen LogP contribution >= 0.6 is 27.3 Å². The second-order valence-corrected chi connectivity index (χ2v) is 5.93. The number of benzene rings is 1. The number of anilines is 1. The summed E-state index contributed by atoms with van der Waals surface area (Å²) >= 11 is 4.85. The van der Waals surface area contributed by atoms with E-state index >= 15 is 0 Å². The number of nitrogens with one attached hydrogen (secondary N) is 1. The normalized spacial score (nSPS) is 11.3. The lowest BCUT2D eigenvalue weighted by Gasteiger charge is -2.10. The second kappa shape index (κ2) is 6.53. The molecule has 0 fully saturated rings. The Morgan fingerprint density at radius 1 is 1.45 bits per heavy atom. The van der Waals surface area contributed by atoms with E-state index in [0.29, 0.717) is 17.7 Å². The molecule has 0 saturated carbocycles. The molecule has 2 aromatic rings. The third-order valence-electron chi connectivity index (χ3n) is 2.55. The van der Waals surface area contributed by atoms with Gasteiger partial charge in [-0.3, -0.25) is 4.79 Å². The lowest BCUT2D eigenvalue weighted by molar-refractivity contribution is -0.115. The lowest BCUT2D eigenvalue weighted by atomic mass is 10.1. The molecule has 0 saturated heterocycles. The van der Waals surface area contributed by atoms with Crippen molar-refractivity contribution in [3.05, 3.63) is 50.6 Å². The smallest absolute Gasteiger partial charge is 0.229 e. The fourth-order valence-electron chi connectivity index (χ4n) is 1.66. The largest absolute Gasteiger partial charge is 0.409 e. The number of oxime groups is 1. The summed E-state index contributed by atoms with van der Waals surface area (Å²) in [5.41, 5.74) is 6.56. The minimum atomic E-state index is -0.155. The van der Waals surface area contributed by atoms with Crippen LogP contribution in [0.1, 0.15) is 10.4 Å². The first-order valence-electron chi connectivity index (χ1n) is 5.70. The Hall–Kier alpha value is -1.86. The molecule has 0 aliphatic rings. The number of amidine groups is 1. The van der Waals surface area contributed by atoms with Gasteiger partial charge in [0, 0.05) is 14.9 Å². The van der Waals surface area contributed by atoms with Crippen molar-refractivity contribution in [3.63, 3.8) is 0 Å². The monoisotopic (exact) mass is 353 g/mol. The molecular formula is C13H12BrN3O2S. The van der Waals surface area contributed by atoms with E-state index in [1.165, 1.54) is 11.3 Å². The Kier molecular flexibility index (Phi) is 4.75. The van der Waals surface area contributed by atoms with Gasteiger partial charge in [-0.15, -0.1) is 11.3 Å². The van der Waals surface area contributed by atoms with Gasteiger partial charge in [-0.05, 0) is 29.6 Å². The zero-order valence-corrected chi connectivity index (χ0v) is 12.7. The van der Waals surface area contributed by atoms with Crippen molar-refractivity contribution in [2.24, 2.45) is 10.9 Å². The van der Waals surface area contributed by atoms with Crippen LogP contribution in [0.4, 0.5) is 5.69 Å². The maximum atomic E-state index is 12.0. The second-order valence-electron chi connectivity index (χ2n) is 3.98. The average molecular weight is 354 g/mol. The Balaban J connectivity index is 2.19. The first-order valence-corrected chi connectivity index (χ1v) is 7.37. The van der Waals surface area contributed by atoms with Gasteiger partial charge in [0.2, 0.25) is 5.91 Å². The number of nitrogens with two attached hydrogens (primary N) is 1. The summed E-state index contributed by atoms with van der Waals surface area (Å²) in [5, 5.41) is 16.4. The first-order chi connectivity index (χ1) is 9.60. The van der Waals surface area contributed by atoms with Crippen LogP contribution in [0.2, 0.25) is 0 Å². The van der Waals surface area contributed by atoms with Crippen molar-refractivity contribution < 1.29 is 10.0 Å². The van der Waals surface area contributed by atoms with Gasteiger partial charge in [0.1, 0.15) is 0 Å². The maximum Gasteiger partial charge on any atom is 0.229 e. The van der Waals surface area contributed by atoms with E-state index in [9.17, 15) is 4.79 Å². The number of halogens is 1. The molecule has 7 heteroatoms. The highest BCUT2D eigenvalue weighted by molar-refractivity contribution is 9.10. The van der Waals surface area contributed by atoms with Crippen LogP contribution < -0.4 is 11.1 Å². The number of hydrogen-bond acceptors (Lipinski definition) is 4. The van der Waals surface area contributed by atoms with E-state index in [0.717, 1.165) is 9.35 Å². The lowest BCUT2D eigenvalue weighted by Crippen LogP contribution is -2.20. The van der Waals surface area contributed by atoms with E-state index in [2.05, 4.69) is 26.4 Å². The van der Waals surface area contributed by atoms with E-state index in [4.69, 9.17) is 10.9 Å². The SMILES string of the molecule is N/C(=N/O)c1ccc(Br)cc1NC(=O)Cc1cccs1. The summed E-state index contributed by atoms with van der Waals surface area (Å²) in [6.45, 7) is 0. The van der Waals surface area contributed by atoms with Crippen LogP contribution in [-0.2, 0) is 11.2 Å². The zero-order chi connectivity index (χ0) is 14.5. The van der Waals surface area contributed by atoms with Gasteiger partial charge in [-0.25, -0.2) is 0 Å². The van der Waals surface area contributed by atoms with Crippen LogP contribution in [-0.4, -0.2) is 17.0 Å². The molecule has 0 aliphatic heterocycles. The Bertz CT molecular complexity index is 641. The number of rotatable bonds is 4. The van der Waals surface area contributed by atoms with E-state index in [-0.39, 0.29) is 11.7 Å². The fraction of sp³-hybridized carbons (Fsp3) is 0.0769. The molecule has 1 amide bonds. The molecule has 20 heavy (non-hydrogen) atoms. The predicted molar refractivity (Wildman–Crippen MR) is 83.3 cm³/mol. The number of carbonyl (C=O) groups is 1. The highest BCUT2D eigenvalue weighted by Gasteiger charge is 2.11. The highest BCUT2D eigenvalue weighted by atomic mass is 79.9. The van der Waals surface area contributed by atoms with Gasteiger partial charge in [-0.2, -0.15) is 0 Å². The molecule has 1 aromatic carbocycles. The summed E-state index contributed by atoms with van der Waals surface area (Å²) < 4.78 is 0.790. The Labute approximate surface area is 128 Å². The van der Waals surface area contributed by atoms with Crippen LogP contribution in [0, 0.1) is 0 Å². The van der Waals surface area contributed by atoms with E-state index < -0.39 is 0 Å². The topological polar surface area (TPSA) is 87.7 Å². The molecule has 0 bridgehead atoms. The summed E-state index contributed by atoms with van der Waals surface area (Å²) in [5.74, 6) is -0.207. The highest BCUT2D eigenvalue weighted by Crippen LogP contribution is 2.22. The van der Waals surface area contributed by atoms with Crippen molar-refractivity contribution >= 4 is 44.7 Å². The first kappa shape index (κ1) is 14.5. The third kappa shape index (κ3) is 3.58. The summed E-state index contributed by atoms with van der Waals surface area (Å²) in [4.78, 5) is 13.0. The number of thiophene rings is 1. The molecule has 2 rings (SSSR count). The third-order valence-corrected chi connectivity index (χ3v) is 3.92. The molecule has 1 heterocycles. The zero-order valence-electron chi connectivity index (χ0n) is 10.3. The van der Waals surface area contributed by atoms with Crippen molar-refractivity contribution in [1.29, 1.82) is 0 Å². The molecular weight excluding hydrogens is 342 g/mol. The average Bonchev–Trinajstić information content (AvgIpc) is 2.90. The molecule has 0 aliphatic carbocycles. The van der Waals surface area contributed by atoms with Crippen LogP contribution in [0.5, 0.6) is 0 Å². The van der Waals surface area contributed by atoms with Crippen LogP contribution in [0.3, 0.4) is 0 Å². The van der Waals surface area contributed by atoms with Gasteiger partial charge in [-0.1, -0.05) is 27.2 Å². The molecule has 0 atom stereocenters. The van der Waals surface area contributed by atoms with Crippen molar-refractivity contribution in [1.82, 2.24) is 0 Å². The minimum absolute atomic E-state index is 0.0519. The molecule has 104 valence electrons. The van der Waals surface area contributed by atoms with E-state index in [1.54, 1.807) is 18.2 Å². The van der Waals surface area contributed by atoms with E-state index in [1.807, 2.05) is 17.5 Å². The molecule has 5 nitrogen and oxygen atoms in total. The fourth-order valence-corrected chi connectivity index (χ4v) is 2.73. The maximum absolute atomic E-state index is 12.0. The number of carbonyl (C=O) groups excluding carboxylic acids is 1. The van der Waals surface area contributed by atoms with Crippen molar-refractivity contribution in [2.45, 2.75) is 6.42 Å². The van der Waals surface area contributed by atoms with Gasteiger partial charge in [0.15, 0.2) is 5.84 Å². The standard InChI is InChI=1S/C13H12BrN3O2S/c14-8-3-4-10(13(15)17-19)11(6-8)16-12(18)7-9-2-1-5-20-9/h1-6,19H,7H2,(H2,15,17)(H,16,18). The molecule has 0 unspecified atom stereocenters. The Morgan fingerprint density at radius 2 is 2.25 bits per heavy atom. The number of hydrogen-bond donors (Lipinski definition) is 3. The molecule has 4 N–H and O–H groups in total. The van der Waals surface area contributed by atoms with Gasteiger partial charge >= 0.3 is 0 Å². The van der Waals surface area contributed by atoms with Crippen LogP contribution in [0.15, 0.2) is 45.3 Å². The van der Waals surface area contributed by atoms with Crippen molar-refractivity contribution in [2.75, 3.05) is 5.32 Å². The Morgan fingerprint density at radius 3 is 2.90 bits per heavy atom. The van der Waals surface area contributed by atoms with Gasteiger partial charge < -0.3 is 16.3 Å². The molecule has 1 aromatic heterocycles. The summed E-state index contributed by atoms with van der Waals surface area (Å²) in [7, 11) is 0. The summed E-state index contributed by atoms with van der Waals surface area (Å²) in [6, 6.07) is 8.92. The number of nitrogens with zero attached hydrogens (tertiary/aromatic N) is 1. The quantitative estimate of drug-likeness (QED) is 0.341. The molecule has 0 radical (unpaired) electrons. The van der Waals surface area contributed by atoms with Gasteiger partial charge in [0.25, 0.3) is 0 Å². The van der Waals surface area contributed by atoms with Crippen LogP contribution in [0.25, 0.3) is 0 Å². The summed E-state index contributed by atoms with van der Waals surface area (Å²) in [6.07, 6.45) is 0.291.